The highest BCUT2D eigenvalue weighted by Crippen LogP contribution is 2.19. The van der Waals surface area contributed by atoms with Crippen LogP contribution >= 0.6 is 0 Å². The van der Waals surface area contributed by atoms with Crippen molar-refractivity contribution in [2.75, 3.05) is 19.7 Å². The van der Waals surface area contributed by atoms with Gasteiger partial charge in [-0.2, -0.15) is 0 Å². The van der Waals surface area contributed by atoms with Crippen molar-refractivity contribution in [1.82, 2.24) is 10.1 Å². The number of amides is 1. The van der Waals surface area contributed by atoms with E-state index >= 15 is 0 Å². The Morgan fingerprint density at radius 3 is 3.00 bits per heavy atom. The third-order valence-electron chi connectivity index (χ3n) is 2.45. The molecule has 0 atom stereocenters. The van der Waals surface area contributed by atoms with Gasteiger partial charge in [0.25, 0.3) is 5.91 Å². The monoisotopic (exact) mass is 196 g/mol. The molecule has 0 bridgehead atoms. The molecule has 0 saturated carbocycles. The van der Waals surface area contributed by atoms with Crippen LogP contribution in [0.15, 0.2) is 10.7 Å². The molecule has 0 aromatic carbocycles. The van der Waals surface area contributed by atoms with Crippen LogP contribution in [0.1, 0.15) is 16.1 Å². The van der Waals surface area contributed by atoms with Crippen LogP contribution in [0.4, 0.5) is 0 Å². The molecule has 1 N–H and O–H groups in total. The van der Waals surface area contributed by atoms with Crippen LogP contribution in [0.3, 0.4) is 0 Å². The van der Waals surface area contributed by atoms with Crippen molar-refractivity contribution in [1.29, 1.82) is 0 Å². The van der Waals surface area contributed by atoms with Crippen molar-refractivity contribution in [2.24, 2.45) is 5.92 Å². The van der Waals surface area contributed by atoms with Gasteiger partial charge in [-0.25, -0.2) is 0 Å². The lowest BCUT2D eigenvalue weighted by Crippen LogP contribution is -2.51. The summed E-state index contributed by atoms with van der Waals surface area (Å²) in [7, 11) is 0. The topological polar surface area (TPSA) is 66.6 Å². The summed E-state index contributed by atoms with van der Waals surface area (Å²) in [5, 5.41) is 12.3. The van der Waals surface area contributed by atoms with Crippen LogP contribution in [0.25, 0.3) is 0 Å². The molecule has 1 amide bonds. The van der Waals surface area contributed by atoms with Crippen LogP contribution in [0.2, 0.25) is 0 Å². The maximum Gasteiger partial charge on any atom is 0.292 e. The molecule has 5 heteroatoms. The number of carbonyl (C=O) groups excluding carboxylic acids is 1. The number of aromatic nitrogens is 1. The van der Waals surface area contributed by atoms with E-state index in [-0.39, 0.29) is 18.4 Å². The van der Waals surface area contributed by atoms with Gasteiger partial charge < -0.3 is 14.5 Å². The molecule has 0 unspecified atom stereocenters. The minimum Gasteiger partial charge on any atom is -0.396 e. The van der Waals surface area contributed by atoms with E-state index < -0.39 is 0 Å². The second-order valence-corrected chi connectivity index (χ2v) is 3.60. The number of nitrogens with zero attached hydrogens (tertiary/aromatic N) is 2. The standard InChI is InChI=1S/C9H12N2O3/c1-6-2-10-14-8(6)9(13)11-3-7(4-11)5-12/h2,7,12H,3-5H2,1H3. The van der Waals surface area contributed by atoms with Crippen LogP contribution in [0, 0.1) is 12.8 Å². The molecule has 1 aliphatic heterocycles. The van der Waals surface area contributed by atoms with Gasteiger partial charge in [0.2, 0.25) is 5.76 Å². The minimum atomic E-state index is -0.135. The van der Waals surface area contributed by atoms with Gasteiger partial charge in [-0.05, 0) is 6.92 Å². The van der Waals surface area contributed by atoms with Crippen LogP contribution < -0.4 is 0 Å². The fraction of sp³-hybridized carbons (Fsp3) is 0.556. The van der Waals surface area contributed by atoms with Gasteiger partial charge in [0, 0.05) is 31.2 Å². The molecule has 0 spiro atoms. The predicted octanol–water partition coefficient (Wildman–Crippen LogP) is 0.0473. The fourth-order valence-corrected chi connectivity index (χ4v) is 1.49. The van der Waals surface area contributed by atoms with Crippen molar-refractivity contribution in [3.8, 4) is 0 Å². The van der Waals surface area contributed by atoms with E-state index in [0.717, 1.165) is 5.56 Å². The second-order valence-electron chi connectivity index (χ2n) is 3.60. The summed E-state index contributed by atoms with van der Waals surface area (Å²) in [5.74, 6) is 0.397. The maximum atomic E-state index is 11.7. The highest BCUT2D eigenvalue weighted by Gasteiger charge is 2.32. The van der Waals surface area contributed by atoms with Crippen molar-refractivity contribution in [2.45, 2.75) is 6.92 Å². The van der Waals surface area contributed by atoms with Crippen molar-refractivity contribution < 1.29 is 14.4 Å². The van der Waals surface area contributed by atoms with E-state index in [0.29, 0.717) is 18.8 Å². The number of rotatable bonds is 2. The Hall–Kier alpha value is -1.36. The Balaban J connectivity index is 2.01. The van der Waals surface area contributed by atoms with Gasteiger partial charge in [0.1, 0.15) is 0 Å². The third kappa shape index (κ3) is 1.39. The zero-order valence-corrected chi connectivity index (χ0v) is 7.93. The predicted molar refractivity (Wildman–Crippen MR) is 47.7 cm³/mol. The van der Waals surface area contributed by atoms with Crippen molar-refractivity contribution >= 4 is 5.91 Å². The van der Waals surface area contributed by atoms with E-state index in [1.165, 1.54) is 6.20 Å². The first-order valence-electron chi connectivity index (χ1n) is 4.53. The molecule has 14 heavy (non-hydrogen) atoms. The van der Waals surface area contributed by atoms with Crippen molar-refractivity contribution in [3.63, 3.8) is 0 Å². The molecular formula is C9H12N2O3. The number of carbonyl (C=O) groups is 1. The normalized spacial score (nSPS) is 16.9. The highest BCUT2D eigenvalue weighted by molar-refractivity contribution is 5.93. The second kappa shape index (κ2) is 3.42. The largest absolute Gasteiger partial charge is 0.396 e. The molecular weight excluding hydrogens is 184 g/mol. The quantitative estimate of drug-likeness (QED) is 0.725. The molecule has 76 valence electrons. The van der Waals surface area contributed by atoms with Gasteiger partial charge in [0.05, 0.1) is 6.20 Å². The summed E-state index contributed by atoms with van der Waals surface area (Å²) in [4.78, 5) is 13.3. The first-order chi connectivity index (χ1) is 6.72. The van der Waals surface area contributed by atoms with E-state index in [1.807, 2.05) is 0 Å². The summed E-state index contributed by atoms with van der Waals surface area (Å²) < 4.78 is 4.85. The minimum absolute atomic E-state index is 0.135. The third-order valence-corrected chi connectivity index (χ3v) is 2.45. The van der Waals surface area contributed by atoms with Crippen LogP contribution in [-0.2, 0) is 0 Å². The molecule has 2 heterocycles. The Labute approximate surface area is 81.3 Å². The lowest BCUT2D eigenvalue weighted by atomic mass is 10.0. The lowest BCUT2D eigenvalue weighted by molar-refractivity contribution is 0.0326. The molecule has 5 nitrogen and oxygen atoms in total. The first-order valence-corrected chi connectivity index (χ1v) is 4.53. The Morgan fingerprint density at radius 1 is 1.79 bits per heavy atom. The van der Waals surface area contributed by atoms with Gasteiger partial charge in [-0.15, -0.1) is 0 Å². The molecule has 2 rings (SSSR count). The average molecular weight is 196 g/mol. The summed E-state index contributed by atoms with van der Waals surface area (Å²) in [6.07, 6.45) is 1.52. The first kappa shape index (κ1) is 9.21. The van der Waals surface area contributed by atoms with E-state index in [1.54, 1.807) is 11.8 Å². The number of aliphatic hydroxyl groups is 1. The van der Waals surface area contributed by atoms with Crippen LogP contribution in [-0.4, -0.2) is 40.8 Å². The molecule has 0 radical (unpaired) electrons. The van der Waals surface area contributed by atoms with E-state index in [2.05, 4.69) is 5.16 Å². The Morgan fingerprint density at radius 2 is 2.50 bits per heavy atom. The zero-order valence-electron chi connectivity index (χ0n) is 7.93. The number of hydrogen-bond acceptors (Lipinski definition) is 4. The average Bonchev–Trinajstić information content (AvgIpc) is 2.49. The van der Waals surface area contributed by atoms with Crippen LogP contribution in [0.5, 0.6) is 0 Å². The highest BCUT2D eigenvalue weighted by atomic mass is 16.5. The van der Waals surface area contributed by atoms with Gasteiger partial charge in [-0.1, -0.05) is 5.16 Å². The molecule has 0 aliphatic carbocycles. The van der Waals surface area contributed by atoms with E-state index in [4.69, 9.17) is 9.63 Å². The fourth-order valence-electron chi connectivity index (χ4n) is 1.49. The molecule has 1 saturated heterocycles. The van der Waals surface area contributed by atoms with Gasteiger partial charge in [-0.3, -0.25) is 4.79 Å². The number of aryl methyl sites for hydroxylation is 1. The smallest absolute Gasteiger partial charge is 0.292 e. The van der Waals surface area contributed by atoms with E-state index in [9.17, 15) is 4.79 Å². The summed E-state index contributed by atoms with van der Waals surface area (Å²) in [6, 6.07) is 0. The molecule has 1 aromatic heterocycles. The van der Waals surface area contributed by atoms with Gasteiger partial charge in [0.15, 0.2) is 0 Å². The Kier molecular flexibility index (Phi) is 2.25. The summed E-state index contributed by atoms with van der Waals surface area (Å²) in [5.41, 5.74) is 0.752. The zero-order chi connectivity index (χ0) is 10.1. The maximum absolute atomic E-state index is 11.7. The summed E-state index contributed by atoms with van der Waals surface area (Å²) in [6.45, 7) is 3.14. The van der Waals surface area contributed by atoms with Crippen molar-refractivity contribution in [3.05, 3.63) is 17.5 Å². The van der Waals surface area contributed by atoms with Gasteiger partial charge >= 0.3 is 0 Å². The number of aliphatic hydroxyl groups excluding tert-OH is 1. The SMILES string of the molecule is Cc1cnoc1C(=O)N1CC(CO)C1. The summed E-state index contributed by atoms with van der Waals surface area (Å²) >= 11 is 0. The Bertz CT molecular complexity index is 342. The number of hydrogen-bond donors (Lipinski definition) is 1. The molecule has 1 aromatic rings. The molecule has 1 aliphatic rings. The molecule has 1 fully saturated rings. The lowest BCUT2D eigenvalue weighted by Gasteiger charge is -2.37. The number of likely N-dealkylation sites (tertiary alicyclic amines) is 1.